The Bertz CT molecular complexity index is 3550. The Morgan fingerprint density at radius 2 is 0.693 bits per heavy atom. The number of benzene rings is 8. The van der Waals surface area contributed by atoms with Crippen molar-refractivity contribution in [3.63, 3.8) is 0 Å². The van der Waals surface area contributed by atoms with Crippen LogP contribution in [0.2, 0.25) is 50.4 Å². The predicted octanol–water partition coefficient (Wildman–Crippen LogP) is 26.9. The molecule has 12 nitrogen and oxygen atoms in total. The van der Waals surface area contributed by atoms with Crippen molar-refractivity contribution in [3.05, 3.63) is 294 Å². The lowest BCUT2D eigenvalue weighted by Gasteiger charge is -2.32. The molecule has 1 aliphatic rings. The molecule has 0 atom stereocenters. The summed E-state index contributed by atoms with van der Waals surface area (Å²) in [6.07, 6.45) is 6.71. The molecule has 0 fully saturated rings. The lowest BCUT2D eigenvalue weighted by molar-refractivity contribution is -0.142. The van der Waals surface area contributed by atoms with Crippen molar-refractivity contribution in [3.8, 4) is 16.9 Å². The lowest BCUT2D eigenvalue weighted by Crippen LogP contribution is -2.32. The molecule has 0 saturated heterocycles. The standard InChI is InChI=1S/C20H18.C16H14O2.C9H10O2.C9H12O.C8H10.C7H16O2Si.C7H18Si.C5H8O2.C5H12.C4H8.C3H6O2.C3H6O.2C2H6/c1-20(17-11-5-2-6-12-17,18-13-7-3-8-14-18)19-15-9-4-10-16-19;1-11(17)18-10-16-14-8-4-2-6-12(14)13-7-3-5-9-15(13)16;1-8(10)11-7-9-5-3-2-4-6-9;1-3-8-4-6-9(10-2)7-5-8;1-2-8-6-4-3-5-7-8;1-7(8)9-5-6-10(2,3)4;1-7(2,3)8(4,5)6;1-3-4-7-5(2)6;1-5(2,3)4;1-3-4-2;1-3(4)5-2;1-3(2)4;2*1-2/h2-16H,1H3;2-9,16H,10H2,1H3;2-6H,7H2,1H3;4-7H,3H2,1-2H3;3-7H,2H2,1H3;5-6H2,1-4H3;1-6H3;3H,1,4H2,2H3;1-4H3;3H,1,4H2,2H3;1-2H3;1-2H3;2*1-2H3. The summed E-state index contributed by atoms with van der Waals surface area (Å²) >= 11 is 0. The molecule has 114 heavy (non-hydrogen) atoms. The molecule has 8 aromatic rings. The van der Waals surface area contributed by atoms with E-state index in [1.54, 1.807) is 7.11 Å². The summed E-state index contributed by atoms with van der Waals surface area (Å²) in [5.74, 6) is 0.118. The third-order valence-corrected chi connectivity index (χ3v) is 22.2. The molecule has 14 heteroatoms. The first-order chi connectivity index (χ1) is 53.5. The Balaban J connectivity index is -0.000000391. The maximum Gasteiger partial charge on any atom is 0.302 e. The van der Waals surface area contributed by atoms with Gasteiger partial charge < -0.3 is 33.2 Å². The Morgan fingerprint density at radius 3 is 0.939 bits per heavy atom. The number of allylic oxidation sites excluding steroid dienone is 1. The van der Waals surface area contributed by atoms with Gasteiger partial charge in [0.1, 0.15) is 31.4 Å². The monoisotopic (exact) mass is 1600 g/mol. The second kappa shape index (κ2) is 66.9. The average molecular weight is 1600 g/mol. The summed E-state index contributed by atoms with van der Waals surface area (Å²) in [7, 11) is 1.17. The number of methoxy groups -OCH3 is 2. The van der Waals surface area contributed by atoms with Gasteiger partial charge in [0.05, 0.1) is 20.8 Å². The van der Waals surface area contributed by atoms with E-state index in [1.807, 2.05) is 107 Å². The second-order valence-corrected chi connectivity index (χ2v) is 42.2. The minimum Gasteiger partial charge on any atom is -0.497 e. The minimum atomic E-state index is -1.00. The van der Waals surface area contributed by atoms with Crippen molar-refractivity contribution in [2.45, 2.75) is 240 Å². The number of rotatable bonds is 16. The van der Waals surface area contributed by atoms with Crippen LogP contribution in [-0.2, 0) is 77.3 Å². The summed E-state index contributed by atoms with van der Waals surface area (Å²) < 4.78 is 28.4. The molecule has 0 bridgehead atoms. The Labute approximate surface area is 695 Å². The van der Waals surface area contributed by atoms with Gasteiger partial charge >= 0.3 is 29.8 Å². The van der Waals surface area contributed by atoms with Gasteiger partial charge in [-0.3, -0.25) is 24.0 Å². The van der Waals surface area contributed by atoms with Crippen molar-refractivity contribution in [2.75, 3.05) is 34.0 Å². The van der Waals surface area contributed by atoms with E-state index in [9.17, 15) is 28.8 Å². The van der Waals surface area contributed by atoms with Crippen LogP contribution in [-0.4, -0.2) is 85.8 Å². The second-order valence-electron chi connectivity index (χ2n) is 30.6. The number of esters is 5. The first-order valence-electron chi connectivity index (χ1n) is 39.9. The Kier molecular flexibility index (Phi) is 66.3. The average Bonchev–Trinajstić information content (AvgIpc) is 0.875. The molecule has 0 saturated carbocycles. The van der Waals surface area contributed by atoms with Crippen LogP contribution in [0.1, 0.15) is 209 Å². The van der Waals surface area contributed by atoms with Crippen molar-refractivity contribution in [1.82, 2.24) is 0 Å². The van der Waals surface area contributed by atoms with Crippen LogP contribution in [0, 0.1) is 5.41 Å². The summed E-state index contributed by atoms with van der Waals surface area (Å²) in [6, 6.07) is 78.0. The SMILES string of the molecule is C=CCC.C=CCOC(C)=O.CC.CC.CC(=O)OCC1c2ccccc2-c2ccccc21.CC(=O)OCC[Si](C)(C)C.CC(=O)OCc1ccccc1.CC(C)(C)C.CC(C)(C)[Si](C)(C)C.CC(C)=O.CC(c1ccccc1)(c1ccccc1)c1ccccc1.CCc1ccc(OC)cc1.CCc1ccccc1.COC(C)=O. The van der Waals surface area contributed by atoms with Crippen LogP contribution in [0.3, 0.4) is 0 Å². The zero-order valence-electron chi connectivity index (χ0n) is 76.1. The summed E-state index contributed by atoms with van der Waals surface area (Å²) in [4.78, 5) is 60.7. The first-order valence-corrected chi connectivity index (χ1v) is 47.1. The zero-order valence-corrected chi connectivity index (χ0v) is 78.1. The van der Waals surface area contributed by atoms with Crippen LogP contribution in [0.4, 0.5) is 0 Å². The third kappa shape index (κ3) is 61.1. The van der Waals surface area contributed by atoms with E-state index in [0.29, 0.717) is 36.9 Å². The first kappa shape index (κ1) is 113. The molecule has 630 valence electrons. The van der Waals surface area contributed by atoms with Crippen LogP contribution >= 0.6 is 0 Å². The van der Waals surface area contributed by atoms with Crippen LogP contribution in [0.15, 0.2) is 250 Å². The zero-order chi connectivity index (χ0) is 88.4. The highest BCUT2D eigenvalue weighted by Crippen LogP contribution is 2.45. The largest absolute Gasteiger partial charge is 0.497 e. The van der Waals surface area contributed by atoms with E-state index in [2.05, 4.69) is 290 Å². The molecule has 0 aromatic heterocycles. The Hall–Kier alpha value is -9.51. The van der Waals surface area contributed by atoms with E-state index < -0.39 is 16.1 Å². The van der Waals surface area contributed by atoms with Crippen LogP contribution < -0.4 is 4.74 Å². The molecule has 0 unspecified atom stereocenters. The molecule has 8 aromatic carbocycles. The van der Waals surface area contributed by atoms with E-state index in [4.69, 9.17) is 18.9 Å². The molecular weight excluding hydrogens is 1450 g/mol. The van der Waals surface area contributed by atoms with E-state index in [-0.39, 0.29) is 47.0 Å². The topological polar surface area (TPSA) is 158 Å². The van der Waals surface area contributed by atoms with Crippen molar-refractivity contribution in [1.29, 1.82) is 0 Å². The third-order valence-electron chi connectivity index (χ3n) is 16.0. The van der Waals surface area contributed by atoms with E-state index in [0.717, 1.165) is 36.6 Å². The van der Waals surface area contributed by atoms with Gasteiger partial charge in [-0.25, -0.2) is 0 Å². The molecule has 0 N–H and O–H groups in total. The van der Waals surface area contributed by atoms with Crippen LogP contribution in [0.25, 0.3) is 11.1 Å². The lowest BCUT2D eigenvalue weighted by atomic mass is 9.71. The van der Waals surface area contributed by atoms with Crippen molar-refractivity contribution >= 4 is 51.8 Å². The molecule has 0 heterocycles. The molecule has 9 rings (SSSR count). The molecule has 1 aliphatic carbocycles. The summed E-state index contributed by atoms with van der Waals surface area (Å²) in [6.45, 7) is 65.1. The highest BCUT2D eigenvalue weighted by atomic mass is 28.3. The van der Waals surface area contributed by atoms with Gasteiger partial charge in [-0.2, -0.15) is 0 Å². The summed E-state index contributed by atoms with van der Waals surface area (Å²) in [5, 5.41) is 0.576. The number of hydrogen-bond acceptors (Lipinski definition) is 12. The highest BCUT2D eigenvalue weighted by molar-refractivity contribution is 6.78. The number of ether oxygens (including phenoxy) is 6. The number of carbonyl (C=O) groups excluding carboxylic acids is 6. The van der Waals surface area contributed by atoms with Gasteiger partial charge in [0.2, 0.25) is 0 Å². The summed E-state index contributed by atoms with van der Waals surface area (Å²) in [5.41, 5.74) is 13.1. The molecule has 0 radical (unpaired) electrons. The normalized spacial score (nSPS) is 10.2. The maximum atomic E-state index is 11.0. The fourth-order valence-electron chi connectivity index (χ4n) is 8.47. The number of fused-ring (bicyclic) bond motifs is 3. The number of hydrogen-bond donors (Lipinski definition) is 0. The maximum absolute atomic E-state index is 11.0. The minimum absolute atomic E-state index is 0.121. The predicted molar refractivity (Wildman–Crippen MR) is 492 cm³/mol. The fourth-order valence-corrected chi connectivity index (χ4v) is 9.18. The smallest absolute Gasteiger partial charge is 0.302 e. The van der Waals surface area contributed by atoms with E-state index >= 15 is 0 Å². The number of aryl methyl sites for hydroxylation is 2. The van der Waals surface area contributed by atoms with Crippen molar-refractivity contribution in [2.24, 2.45) is 5.41 Å². The van der Waals surface area contributed by atoms with Crippen molar-refractivity contribution < 1.29 is 57.2 Å². The molecule has 0 amide bonds. The van der Waals surface area contributed by atoms with Gasteiger partial charge in [0.25, 0.3) is 0 Å². The highest BCUT2D eigenvalue weighted by Gasteiger charge is 2.32. The van der Waals surface area contributed by atoms with E-state index in [1.165, 1.54) is 112 Å². The molecule has 0 aliphatic heterocycles. The van der Waals surface area contributed by atoms with Gasteiger partial charge in [0, 0.05) is 62.1 Å². The fraction of sp³-hybridized carbons (Fsp3) is 0.420. The molecule has 0 spiro atoms. The van der Waals surface area contributed by atoms with Gasteiger partial charge in [-0.05, 0) is 124 Å². The van der Waals surface area contributed by atoms with Crippen LogP contribution in [0.5, 0.6) is 5.75 Å². The number of ketones is 1. The quantitative estimate of drug-likeness (QED) is 0.0297. The number of carbonyl (C=O) groups is 6. The Morgan fingerprint density at radius 1 is 0.404 bits per heavy atom. The van der Waals surface area contributed by atoms with Gasteiger partial charge in [0.15, 0.2) is 0 Å². The van der Waals surface area contributed by atoms with Gasteiger partial charge in [-0.15, -0.1) is 6.58 Å². The van der Waals surface area contributed by atoms with Gasteiger partial charge in [-0.1, -0.05) is 367 Å². The number of Topliss-reactive ketones (excluding diaryl/α,β-unsaturated/α-hetero) is 1. The molecular formula is C100H150O12Si2.